The summed E-state index contributed by atoms with van der Waals surface area (Å²) in [6.07, 6.45) is 5.19. The van der Waals surface area contributed by atoms with Crippen LogP contribution in [0.5, 0.6) is 0 Å². The summed E-state index contributed by atoms with van der Waals surface area (Å²) in [7, 11) is 0. The van der Waals surface area contributed by atoms with Crippen molar-refractivity contribution in [1.29, 1.82) is 0 Å². The summed E-state index contributed by atoms with van der Waals surface area (Å²) in [6, 6.07) is 0.283. The molecule has 1 fully saturated rings. The second-order valence-electron chi connectivity index (χ2n) is 6.12. The highest BCUT2D eigenvalue weighted by atomic mass is 16.5. The first-order valence-corrected chi connectivity index (χ1v) is 8.46. The second-order valence-corrected chi connectivity index (χ2v) is 6.12. The van der Waals surface area contributed by atoms with Gasteiger partial charge in [0.25, 0.3) is 5.91 Å². The zero-order valence-electron chi connectivity index (χ0n) is 14.3. The maximum Gasteiger partial charge on any atom is 0.254 e. The van der Waals surface area contributed by atoms with Gasteiger partial charge in [-0.1, -0.05) is 0 Å². The summed E-state index contributed by atoms with van der Waals surface area (Å²) in [6.45, 7) is 4.68. The third-order valence-corrected chi connectivity index (χ3v) is 4.03. The van der Waals surface area contributed by atoms with E-state index in [9.17, 15) is 9.90 Å². The van der Waals surface area contributed by atoms with Gasteiger partial charge in [-0.3, -0.25) is 4.79 Å². The summed E-state index contributed by atoms with van der Waals surface area (Å²) >= 11 is 0. The van der Waals surface area contributed by atoms with Crippen molar-refractivity contribution < 1.29 is 14.6 Å². The fourth-order valence-electron chi connectivity index (χ4n) is 2.80. The van der Waals surface area contributed by atoms with Gasteiger partial charge in [0, 0.05) is 25.4 Å². The molecule has 1 heterocycles. The molecule has 0 aromatic carbocycles. The third kappa shape index (κ3) is 5.31. The zero-order chi connectivity index (χ0) is 17.5. The molecular formula is C16H27N5O3. The molecule has 2 rings (SSSR count). The Kier molecular flexibility index (Phi) is 6.74. The lowest BCUT2D eigenvalue weighted by molar-refractivity contribution is 0.0346. The Labute approximate surface area is 142 Å². The number of rotatable bonds is 8. The van der Waals surface area contributed by atoms with Crippen LogP contribution in [0, 0.1) is 0 Å². The van der Waals surface area contributed by atoms with Crippen molar-refractivity contribution in [2.75, 3.05) is 23.8 Å². The Balaban J connectivity index is 2.00. The van der Waals surface area contributed by atoms with Crippen molar-refractivity contribution in [3.05, 3.63) is 11.8 Å². The van der Waals surface area contributed by atoms with E-state index in [1.54, 1.807) is 6.92 Å². The highest BCUT2D eigenvalue weighted by Crippen LogP contribution is 2.24. The van der Waals surface area contributed by atoms with Gasteiger partial charge in [-0.15, -0.1) is 0 Å². The van der Waals surface area contributed by atoms with E-state index in [1.807, 2.05) is 6.92 Å². The summed E-state index contributed by atoms with van der Waals surface area (Å²) < 4.78 is 5.65. The SMILES string of the molecule is CCO[C@H]1CC[C@H](Nc2ncc(C(N)=O)c(NC[C@@H](C)O)n2)CC1. The molecule has 0 saturated heterocycles. The first kappa shape index (κ1) is 18.4. The van der Waals surface area contributed by atoms with Gasteiger partial charge >= 0.3 is 0 Å². The minimum atomic E-state index is -0.605. The third-order valence-electron chi connectivity index (χ3n) is 4.03. The van der Waals surface area contributed by atoms with Crippen LogP contribution in [0.15, 0.2) is 6.20 Å². The average Bonchev–Trinajstić information content (AvgIpc) is 2.55. The number of primary amides is 1. The Morgan fingerprint density at radius 1 is 1.46 bits per heavy atom. The van der Waals surface area contributed by atoms with E-state index in [-0.39, 0.29) is 18.2 Å². The number of ether oxygens (including phenoxy) is 1. The number of anilines is 2. The lowest BCUT2D eigenvalue weighted by Crippen LogP contribution is -2.30. The number of aromatic nitrogens is 2. The van der Waals surface area contributed by atoms with Gasteiger partial charge in [0.2, 0.25) is 5.95 Å². The Morgan fingerprint density at radius 3 is 2.75 bits per heavy atom. The molecule has 1 aliphatic carbocycles. The molecule has 1 aromatic rings. The van der Waals surface area contributed by atoms with Crippen molar-refractivity contribution in [3.63, 3.8) is 0 Å². The Hall–Kier alpha value is -1.93. The van der Waals surface area contributed by atoms with Crippen molar-refractivity contribution in [2.45, 2.75) is 57.8 Å². The Morgan fingerprint density at radius 2 is 2.17 bits per heavy atom. The fraction of sp³-hybridized carbons (Fsp3) is 0.688. The maximum atomic E-state index is 11.5. The van der Waals surface area contributed by atoms with Gasteiger partial charge in [0.05, 0.1) is 17.8 Å². The van der Waals surface area contributed by atoms with Crippen LogP contribution in [-0.2, 0) is 4.74 Å². The highest BCUT2D eigenvalue weighted by Gasteiger charge is 2.22. The molecular weight excluding hydrogens is 310 g/mol. The van der Waals surface area contributed by atoms with Gasteiger partial charge in [-0.2, -0.15) is 4.98 Å². The van der Waals surface area contributed by atoms with Crippen molar-refractivity contribution in [3.8, 4) is 0 Å². The molecule has 5 N–H and O–H groups in total. The smallest absolute Gasteiger partial charge is 0.254 e. The number of aliphatic hydroxyl groups excluding tert-OH is 1. The molecule has 8 nitrogen and oxygen atoms in total. The number of nitrogens with one attached hydrogen (secondary N) is 2. The molecule has 1 saturated carbocycles. The number of nitrogens with two attached hydrogens (primary N) is 1. The van der Waals surface area contributed by atoms with E-state index in [2.05, 4.69) is 20.6 Å². The minimum Gasteiger partial charge on any atom is -0.392 e. The van der Waals surface area contributed by atoms with E-state index < -0.39 is 12.0 Å². The van der Waals surface area contributed by atoms with E-state index in [1.165, 1.54) is 6.20 Å². The molecule has 1 atom stereocenters. The molecule has 134 valence electrons. The van der Waals surface area contributed by atoms with Gasteiger partial charge in [-0.25, -0.2) is 4.98 Å². The number of nitrogens with zero attached hydrogens (tertiary/aromatic N) is 2. The predicted octanol–water partition coefficient (Wildman–Crippen LogP) is 1.13. The Bertz CT molecular complexity index is 545. The maximum absolute atomic E-state index is 11.5. The fourth-order valence-corrected chi connectivity index (χ4v) is 2.80. The number of amides is 1. The average molecular weight is 337 g/mol. The van der Waals surface area contributed by atoms with E-state index >= 15 is 0 Å². The van der Waals surface area contributed by atoms with E-state index in [4.69, 9.17) is 10.5 Å². The van der Waals surface area contributed by atoms with Crippen LogP contribution in [0.2, 0.25) is 0 Å². The number of aliphatic hydroxyl groups is 1. The van der Waals surface area contributed by atoms with Crippen molar-refractivity contribution in [1.82, 2.24) is 9.97 Å². The van der Waals surface area contributed by atoms with Crippen LogP contribution < -0.4 is 16.4 Å². The molecule has 8 heteroatoms. The van der Waals surface area contributed by atoms with Crippen LogP contribution in [0.25, 0.3) is 0 Å². The van der Waals surface area contributed by atoms with Gasteiger partial charge in [-0.05, 0) is 39.5 Å². The molecule has 0 bridgehead atoms. The molecule has 1 aliphatic rings. The lowest BCUT2D eigenvalue weighted by Gasteiger charge is -2.29. The first-order chi connectivity index (χ1) is 11.5. The van der Waals surface area contributed by atoms with Crippen LogP contribution >= 0.6 is 0 Å². The minimum absolute atomic E-state index is 0.209. The molecule has 0 spiro atoms. The van der Waals surface area contributed by atoms with Crippen LogP contribution in [-0.4, -0.2) is 52.4 Å². The summed E-state index contributed by atoms with van der Waals surface area (Å²) in [5.74, 6) is 0.184. The summed E-state index contributed by atoms with van der Waals surface area (Å²) in [5.41, 5.74) is 5.55. The molecule has 0 radical (unpaired) electrons. The van der Waals surface area contributed by atoms with Crippen molar-refractivity contribution >= 4 is 17.7 Å². The molecule has 1 amide bonds. The highest BCUT2D eigenvalue weighted by molar-refractivity contribution is 5.97. The van der Waals surface area contributed by atoms with E-state index in [0.29, 0.717) is 17.9 Å². The van der Waals surface area contributed by atoms with Crippen LogP contribution in [0.3, 0.4) is 0 Å². The topological polar surface area (TPSA) is 122 Å². The lowest BCUT2D eigenvalue weighted by atomic mass is 9.93. The summed E-state index contributed by atoms with van der Waals surface area (Å²) in [4.78, 5) is 20.0. The second kappa shape index (κ2) is 8.79. The molecule has 0 aliphatic heterocycles. The summed E-state index contributed by atoms with van der Waals surface area (Å²) in [5, 5.41) is 15.6. The number of carbonyl (C=O) groups is 1. The zero-order valence-corrected chi connectivity index (χ0v) is 14.3. The normalized spacial score (nSPS) is 22.0. The van der Waals surface area contributed by atoms with Crippen LogP contribution in [0.1, 0.15) is 49.9 Å². The van der Waals surface area contributed by atoms with Gasteiger partial charge < -0.3 is 26.2 Å². The monoisotopic (exact) mass is 337 g/mol. The predicted molar refractivity (Wildman–Crippen MR) is 92.0 cm³/mol. The molecule has 24 heavy (non-hydrogen) atoms. The molecule has 1 aromatic heterocycles. The largest absolute Gasteiger partial charge is 0.392 e. The molecule has 0 unspecified atom stereocenters. The number of hydrogen-bond donors (Lipinski definition) is 4. The van der Waals surface area contributed by atoms with Gasteiger partial charge in [0.1, 0.15) is 5.82 Å². The number of carbonyl (C=O) groups excluding carboxylic acids is 1. The first-order valence-electron chi connectivity index (χ1n) is 8.46. The quantitative estimate of drug-likeness (QED) is 0.561. The van der Waals surface area contributed by atoms with E-state index in [0.717, 1.165) is 32.3 Å². The standard InChI is InChI=1S/C16H27N5O3/c1-3-24-12-6-4-11(5-7-12)20-16-19-9-13(14(17)23)15(21-16)18-8-10(2)22/h9-12,22H,3-8H2,1-2H3,(H2,17,23)(H2,18,19,20,21)/t10-,11-,12-/m1/s1. The number of hydrogen-bond acceptors (Lipinski definition) is 7. The van der Waals surface area contributed by atoms with Crippen LogP contribution in [0.4, 0.5) is 11.8 Å². The van der Waals surface area contributed by atoms with Gasteiger partial charge in [0.15, 0.2) is 0 Å². The van der Waals surface area contributed by atoms with Crippen molar-refractivity contribution in [2.24, 2.45) is 5.73 Å².